The van der Waals surface area contributed by atoms with Crippen molar-refractivity contribution in [1.29, 1.82) is 0 Å². The Kier molecular flexibility index (Phi) is 3.82. The van der Waals surface area contributed by atoms with Gasteiger partial charge in [-0.2, -0.15) is 4.80 Å². The van der Waals surface area contributed by atoms with E-state index in [1.165, 1.54) is 4.80 Å². The lowest BCUT2D eigenvalue weighted by Gasteiger charge is -2.04. The standard InChI is InChI=1S/C14H12ClN5OS/c1-21-13-5-3-9(7-10(13)15)20-18-11-4-2-8(17-14(16)22)6-12(11)19-20/h2-7H,1H3,(H3,16,17,22). The Bertz CT molecular complexity index is 864. The van der Waals surface area contributed by atoms with Crippen LogP contribution >= 0.6 is 23.8 Å². The molecule has 0 aliphatic rings. The van der Waals surface area contributed by atoms with Crippen LogP contribution in [0.2, 0.25) is 5.02 Å². The van der Waals surface area contributed by atoms with Gasteiger partial charge in [0.1, 0.15) is 16.8 Å². The molecule has 0 spiro atoms. The number of halogens is 1. The maximum Gasteiger partial charge on any atom is 0.168 e. The van der Waals surface area contributed by atoms with Gasteiger partial charge < -0.3 is 15.8 Å². The number of thiocarbonyl (C=S) groups is 1. The number of anilines is 1. The van der Waals surface area contributed by atoms with Crippen LogP contribution in [0.3, 0.4) is 0 Å². The van der Waals surface area contributed by atoms with E-state index in [9.17, 15) is 0 Å². The van der Waals surface area contributed by atoms with E-state index < -0.39 is 0 Å². The number of nitrogens with zero attached hydrogens (tertiary/aromatic N) is 3. The molecule has 3 rings (SSSR count). The molecule has 3 aromatic rings. The van der Waals surface area contributed by atoms with Gasteiger partial charge in [-0.1, -0.05) is 11.6 Å². The van der Waals surface area contributed by atoms with Gasteiger partial charge in [0.15, 0.2) is 5.11 Å². The maximum atomic E-state index is 6.13. The van der Waals surface area contributed by atoms with Crippen molar-refractivity contribution in [2.24, 2.45) is 5.73 Å². The number of benzene rings is 2. The van der Waals surface area contributed by atoms with Crippen molar-refractivity contribution in [3.63, 3.8) is 0 Å². The molecule has 8 heteroatoms. The van der Waals surface area contributed by atoms with Gasteiger partial charge in [0.25, 0.3) is 0 Å². The summed E-state index contributed by atoms with van der Waals surface area (Å²) in [6, 6.07) is 10.8. The van der Waals surface area contributed by atoms with E-state index in [0.717, 1.165) is 16.9 Å². The lowest BCUT2D eigenvalue weighted by atomic mass is 10.3. The van der Waals surface area contributed by atoms with Gasteiger partial charge in [-0.05, 0) is 48.6 Å². The quantitative estimate of drug-likeness (QED) is 0.718. The zero-order chi connectivity index (χ0) is 15.7. The number of nitrogens with one attached hydrogen (secondary N) is 1. The molecule has 3 N–H and O–H groups in total. The zero-order valence-corrected chi connectivity index (χ0v) is 13.1. The Labute approximate surface area is 136 Å². The van der Waals surface area contributed by atoms with E-state index in [4.69, 9.17) is 34.3 Å². The lowest BCUT2D eigenvalue weighted by molar-refractivity contribution is 0.415. The minimum Gasteiger partial charge on any atom is -0.495 e. The fraction of sp³-hybridized carbons (Fsp3) is 0.0714. The van der Waals surface area contributed by atoms with Crippen LogP contribution in [0.5, 0.6) is 5.75 Å². The molecule has 0 aliphatic heterocycles. The van der Waals surface area contributed by atoms with Gasteiger partial charge in [-0.25, -0.2) is 0 Å². The molecule has 0 bridgehead atoms. The Morgan fingerprint density at radius 2 is 2.00 bits per heavy atom. The summed E-state index contributed by atoms with van der Waals surface area (Å²) in [5.41, 5.74) is 8.43. The summed E-state index contributed by atoms with van der Waals surface area (Å²) in [6.07, 6.45) is 0. The fourth-order valence-corrected chi connectivity index (χ4v) is 2.40. The number of nitrogens with two attached hydrogens (primary N) is 1. The normalized spacial score (nSPS) is 10.6. The molecule has 0 fully saturated rings. The van der Waals surface area contributed by atoms with E-state index in [1.807, 2.05) is 24.3 Å². The molecular weight excluding hydrogens is 322 g/mol. The second kappa shape index (κ2) is 5.78. The summed E-state index contributed by atoms with van der Waals surface area (Å²) < 4.78 is 5.13. The third kappa shape index (κ3) is 2.81. The summed E-state index contributed by atoms with van der Waals surface area (Å²) in [4.78, 5) is 1.51. The van der Waals surface area contributed by atoms with Crippen molar-refractivity contribution in [2.75, 3.05) is 12.4 Å². The van der Waals surface area contributed by atoms with Crippen molar-refractivity contribution in [3.8, 4) is 11.4 Å². The lowest BCUT2D eigenvalue weighted by Crippen LogP contribution is -2.18. The van der Waals surface area contributed by atoms with Crippen LogP contribution in [0.15, 0.2) is 36.4 Å². The molecule has 1 aromatic heterocycles. The van der Waals surface area contributed by atoms with E-state index in [0.29, 0.717) is 16.3 Å². The van der Waals surface area contributed by atoms with Crippen LogP contribution in [0.25, 0.3) is 16.7 Å². The number of hydrogen-bond acceptors (Lipinski definition) is 4. The van der Waals surface area contributed by atoms with Crippen molar-refractivity contribution in [2.45, 2.75) is 0 Å². The van der Waals surface area contributed by atoms with Crippen molar-refractivity contribution < 1.29 is 4.74 Å². The Morgan fingerprint density at radius 1 is 1.23 bits per heavy atom. The van der Waals surface area contributed by atoms with Crippen LogP contribution in [0.4, 0.5) is 5.69 Å². The second-order valence-electron chi connectivity index (χ2n) is 4.50. The van der Waals surface area contributed by atoms with Gasteiger partial charge >= 0.3 is 0 Å². The van der Waals surface area contributed by atoms with Gasteiger partial charge in [0.2, 0.25) is 0 Å². The van der Waals surface area contributed by atoms with Crippen molar-refractivity contribution in [1.82, 2.24) is 15.0 Å². The van der Waals surface area contributed by atoms with Crippen LogP contribution in [0, 0.1) is 0 Å². The van der Waals surface area contributed by atoms with E-state index in [-0.39, 0.29) is 5.11 Å². The number of rotatable bonds is 3. The number of fused-ring (bicyclic) bond motifs is 1. The van der Waals surface area contributed by atoms with E-state index >= 15 is 0 Å². The third-order valence-corrected chi connectivity index (χ3v) is 3.41. The highest BCUT2D eigenvalue weighted by molar-refractivity contribution is 7.80. The van der Waals surface area contributed by atoms with Gasteiger partial charge in [0.05, 0.1) is 17.8 Å². The van der Waals surface area contributed by atoms with Gasteiger partial charge in [-0.15, -0.1) is 10.2 Å². The number of methoxy groups -OCH3 is 1. The molecule has 1 heterocycles. The molecule has 0 saturated carbocycles. The van der Waals surface area contributed by atoms with Crippen LogP contribution in [-0.2, 0) is 0 Å². The molecule has 112 valence electrons. The highest BCUT2D eigenvalue weighted by Crippen LogP contribution is 2.26. The number of aromatic nitrogens is 3. The van der Waals surface area contributed by atoms with Crippen LogP contribution in [0.1, 0.15) is 0 Å². The maximum absolute atomic E-state index is 6.13. The minimum atomic E-state index is 0.202. The summed E-state index contributed by atoms with van der Waals surface area (Å²) in [7, 11) is 1.57. The molecule has 0 unspecified atom stereocenters. The number of ether oxygens (including phenoxy) is 1. The molecule has 2 aromatic carbocycles. The van der Waals surface area contributed by atoms with E-state index in [2.05, 4.69) is 15.5 Å². The topological polar surface area (TPSA) is 78.0 Å². The first kappa shape index (κ1) is 14.6. The Balaban J connectivity index is 2.01. The smallest absolute Gasteiger partial charge is 0.168 e. The predicted octanol–water partition coefficient (Wildman–Crippen LogP) is 2.74. The average molecular weight is 334 g/mol. The highest BCUT2D eigenvalue weighted by Gasteiger charge is 2.08. The summed E-state index contributed by atoms with van der Waals surface area (Å²) in [5.74, 6) is 0.602. The highest BCUT2D eigenvalue weighted by atomic mass is 35.5. The van der Waals surface area contributed by atoms with Crippen molar-refractivity contribution in [3.05, 3.63) is 41.4 Å². The van der Waals surface area contributed by atoms with Crippen LogP contribution < -0.4 is 15.8 Å². The van der Waals surface area contributed by atoms with E-state index in [1.54, 1.807) is 19.2 Å². The van der Waals surface area contributed by atoms with Crippen molar-refractivity contribution >= 4 is 45.7 Å². The molecule has 0 aliphatic carbocycles. The molecular formula is C14H12ClN5OS. The summed E-state index contributed by atoms with van der Waals surface area (Å²) in [5, 5.41) is 12.4. The van der Waals surface area contributed by atoms with Crippen LogP contribution in [-0.4, -0.2) is 27.2 Å². The monoisotopic (exact) mass is 333 g/mol. The first-order valence-electron chi connectivity index (χ1n) is 6.34. The molecule has 0 saturated heterocycles. The van der Waals surface area contributed by atoms with Gasteiger partial charge in [-0.3, -0.25) is 0 Å². The summed E-state index contributed by atoms with van der Waals surface area (Å²) >= 11 is 10.9. The summed E-state index contributed by atoms with van der Waals surface area (Å²) in [6.45, 7) is 0. The fourth-order valence-electron chi connectivity index (χ4n) is 2.03. The Morgan fingerprint density at radius 3 is 2.68 bits per heavy atom. The minimum absolute atomic E-state index is 0.202. The molecule has 0 atom stereocenters. The zero-order valence-electron chi connectivity index (χ0n) is 11.6. The second-order valence-corrected chi connectivity index (χ2v) is 5.35. The molecule has 22 heavy (non-hydrogen) atoms. The predicted molar refractivity (Wildman–Crippen MR) is 90.8 cm³/mol. The Hall–Kier alpha value is -2.38. The first-order chi connectivity index (χ1) is 10.6. The largest absolute Gasteiger partial charge is 0.495 e. The molecule has 6 nitrogen and oxygen atoms in total. The first-order valence-corrected chi connectivity index (χ1v) is 7.13. The van der Waals surface area contributed by atoms with Gasteiger partial charge in [0, 0.05) is 5.69 Å². The third-order valence-electron chi connectivity index (χ3n) is 3.01. The molecule has 0 radical (unpaired) electrons. The number of hydrogen-bond donors (Lipinski definition) is 2. The molecule has 0 amide bonds. The SMILES string of the molecule is COc1ccc(-n2nc3ccc(NC(N)=S)cc3n2)cc1Cl. The average Bonchev–Trinajstić information content (AvgIpc) is 2.89.